The molecule has 0 aliphatic heterocycles. The minimum Gasteiger partial charge on any atom is -0.447 e. The van der Waals surface area contributed by atoms with E-state index in [0.29, 0.717) is 12.2 Å². The number of pyridine rings is 1. The van der Waals surface area contributed by atoms with Crippen molar-refractivity contribution in [3.05, 3.63) is 78.0 Å². The van der Waals surface area contributed by atoms with Gasteiger partial charge in [0.2, 0.25) is 5.52 Å². The molecule has 3 nitrogen and oxygen atoms in total. The molecule has 0 amide bonds. The van der Waals surface area contributed by atoms with E-state index in [-0.39, 0.29) is 11.9 Å². The molecule has 0 unspecified atom stereocenters. The molecule has 110 valence electrons. The van der Waals surface area contributed by atoms with Crippen LogP contribution in [0.15, 0.2) is 66.7 Å². The highest BCUT2D eigenvalue weighted by Crippen LogP contribution is 2.12. The predicted octanol–water partition coefficient (Wildman–Crippen LogP) is 3.22. The average molecular weight is 310 g/mol. The summed E-state index contributed by atoms with van der Waals surface area (Å²) in [6.07, 6.45) is 0. The number of hydrogen-bond acceptors (Lipinski definition) is 3. The van der Waals surface area contributed by atoms with Crippen molar-refractivity contribution < 1.29 is 14.1 Å². The third-order valence-corrected chi connectivity index (χ3v) is 3.66. The molecule has 0 N–H and O–H groups in total. The molecular weight excluding hydrogens is 294 g/mol. The van der Waals surface area contributed by atoms with E-state index in [1.165, 1.54) is 0 Å². The van der Waals surface area contributed by atoms with E-state index in [4.69, 9.17) is 4.74 Å². The third kappa shape index (κ3) is 2.97. The summed E-state index contributed by atoms with van der Waals surface area (Å²) in [6, 6.07) is 21.8. The molecule has 3 rings (SSSR count). The highest BCUT2D eigenvalue weighted by atomic mass is 32.1. The molecule has 0 spiro atoms. The Labute approximate surface area is 134 Å². The van der Waals surface area contributed by atoms with E-state index in [1.807, 2.05) is 65.2 Å². The van der Waals surface area contributed by atoms with Crippen LogP contribution in [0.3, 0.4) is 0 Å². The van der Waals surface area contributed by atoms with Crippen molar-refractivity contribution in [2.24, 2.45) is 0 Å². The van der Waals surface area contributed by atoms with Crippen LogP contribution >= 0.6 is 12.6 Å². The Hall–Kier alpha value is -2.33. The fourth-order valence-electron chi connectivity index (χ4n) is 2.51. The van der Waals surface area contributed by atoms with Crippen LogP contribution in [0.25, 0.3) is 10.9 Å². The number of fused-ring (bicyclic) bond motifs is 1. The molecule has 2 aromatic carbocycles. The lowest BCUT2D eigenvalue weighted by molar-refractivity contribution is -0.665. The van der Waals surface area contributed by atoms with E-state index in [2.05, 4.69) is 12.6 Å². The fourth-order valence-corrected chi connectivity index (χ4v) is 2.63. The lowest BCUT2D eigenvalue weighted by Crippen LogP contribution is -2.42. The van der Waals surface area contributed by atoms with Gasteiger partial charge in [0.25, 0.3) is 5.69 Å². The van der Waals surface area contributed by atoms with Crippen LogP contribution in [0.2, 0.25) is 0 Å². The summed E-state index contributed by atoms with van der Waals surface area (Å²) in [5.41, 5.74) is 2.65. The monoisotopic (exact) mass is 310 g/mol. The van der Waals surface area contributed by atoms with Crippen LogP contribution in [-0.4, -0.2) is 11.9 Å². The molecule has 1 heterocycles. The van der Waals surface area contributed by atoms with Gasteiger partial charge in [-0.25, -0.2) is 4.79 Å². The summed E-state index contributed by atoms with van der Waals surface area (Å²) < 4.78 is 7.04. The molecule has 0 saturated heterocycles. The normalized spacial score (nSPS) is 10.6. The van der Waals surface area contributed by atoms with Gasteiger partial charge in [-0.05, 0) is 12.1 Å². The first-order chi connectivity index (χ1) is 10.8. The molecule has 0 saturated carbocycles. The highest BCUT2D eigenvalue weighted by molar-refractivity contribution is 7.80. The Morgan fingerprint density at radius 3 is 2.45 bits per heavy atom. The molecule has 0 atom stereocenters. The maximum Gasteiger partial charge on any atom is 0.404 e. The number of ether oxygens (including phenoxy) is 1. The van der Waals surface area contributed by atoms with Gasteiger partial charge < -0.3 is 4.74 Å². The van der Waals surface area contributed by atoms with Gasteiger partial charge in [-0.3, -0.25) is 0 Å². The van der Waals surface area contributed by atoms with E-state index >= 15 is 0 Å². The standard InChI is InChI=1S/C18H15NO2S/c20-18(21-13-22)17-11-10-15-8-4-5-9-16(15)19(17)12-14-6-2-1-3-7-14/h1-11H,12-13H2/p+1. The summed E-state index contributed by atoms with van der Waals surface area (Å²) >= 11 is 3.96. The molecule has 0 aliphatic carbocycles. The number of rotatable bonds is 4. The van der Waals surface area contributed by atoms with Gasteiger partial charge in [0.05, 0.1) is 0 Å². The highest BCUT2D eigenvalue weighted by Gasteiger charge is 2.23. The van der Waals surface area contributed by atoms with Crippen molar-refractivity contribution >= 4 is 29.5 Å². The smallest absolute Gasteiger partial charge is 0.404 e. The van der Waals surface area contributed by atoms with E-state index < -0.39 is 0 Å². The quantitative estimate of drug-likeness (QED) is 0.347. The van der Waals surface area contributed by atoms with Crippen LogP contribution in [0, 0.1) is 0 Å². The average Bonchev–Trinajstić information content (AvgIpc) is 2.56. The number of aromatic nitrogens is 1. The van der Waals surface area contributed by atoms with Crippen molar-refractivity contribution in [2.45, 2.75) is 6.54 Å². The second kappa shape index (κ2) is 6.62. The molecule has 3 aromatic rings. The number of benzene rings is 2. The SMILES string of the molecule is O=C(OCS)c1ccc2ccccc2[n+]1Cc1ccccc1. The van der Waals surface area contributed by atoms with Gasteiger partial charge >= 0.3 is 5.97 Å². The maximum atomic E-state index is 12.2. The zero-order chi connectivity index (χ0) is 15.4. The van der Waals surface area contributed by atoms with Crippen molar-refractivity contribution in [2.75, 3.05) is 5.94 Å². The Morgan fingerprint density at radius 2 is 1.68 bits per heavy atom. The molecule has 0 fully saturated rings. The molecule has 0 aliphatic rings. The minimum atomic E-state index is -0.364. The zero-order valence-electron chi connectivity index (χ0n) is 12.0. The number of hydrogen-bond donors (Lipinski definition) is 1. The lowest BCUT2D eigenvalue weighted by atomic mass is 10.1. The second-order valence-corrected chi connectivity index (χ2v) is 5.17. The van der Waals surface area contributed by atoms with E-state index in [0.717, 1.165) is 16.5 Å². The molecule has 1 aromatic heterocycles. The molecular formula is C18H16NO2S+. The Kier molecular flexibility index (Phi) is 4.39. The number of para-hydroxylation sites is 1. The summed E-state index contributed by atoms with van der Waals surface area (Å²) in [6.45, 7) is 0.610. The van der Waals surface area contributed by atoms with Gasteiger partial charge in [-0.15, -0.1) is 12.6 Å². The number of nitrogens with zero attached hydrogens (tertiary/aromatic N) is 1. The predicted molar refractivity (Wildman–Crippen MR) is 89.0 cm³/mol. The van der Waals surface area contributed by atoms with E-state index in [1.54, 1.807) is 6.07 Å². The van der Waals surface area contributed by atoms with Crippen molar-refractivity contribution in [3.8, 4) is 0 Å². The number of carbonyl (C=O) groups excluding carboxylic acids is 1. The van der Waals surface area contributed by atoms with Crippen molar-refractivity contribution in [3.63, 3.8) is 0 Å². The Bertz CT molecular complexity index is 803. The lowest BCUT2D eigenvalue weighted by Gasteiger charge is -2.07. The fraction of sp³-hybridized carbons (Fsp3) is 0.111. The van der Waals surface area contributed by atoms with Gasteiger partial charge in [-0.2, -0.15) is 4.57 Å². The van der Waals surface area contributed by atoms with Gasteiger partial charge in [0, 0.05) is 23.1 Å². The van der Waals surface area contributed by atoms with Gasteiger partial charge in [0.15, 0.2) is 6.54 Å². The first-order valence-corrected chi connectivity index (χ1v) is 7.66. The van der Waals surface area contributed by atoms with Crippen LogP contribution < -0.4 is 4.57 Å². The maximum absolute atomic E-state index is 12.2. The van der Waals surface area contributed by atoms with Crippen LogP contribution in [0.5, 0.6) is 0 Å². The Morgan fingerprint density at radius 1 is 0.955 bits per heavy atom. The van der Waals surface area contributed by atoms with Crippen molar-refractivity contribution in [1.82, 2.24) is 0 Å². The second-order valence-electron chi connectivity index (χ2n) is 4.91. The summed E-state index contributed by atoms with van der Waals surface area (Å²) in [7, 11) is 0. The zero-order valence-corrected chi connectivity index (χ0v) is 12.9. The topological polar surface area (TPSA) is 30.2 Å². The van der Waals surface area contributed by atoms with Crippen LogP contribution in [0.4, 0.5) is 0 Å². The Balaban J connectivity index is 2.14. The van der Waals surface area contributed by atoms with Gasteiger partial charge in [0.1, 0.15) is 5.94 Å². The summed E-state index contributed by atoms with van der Waals surface area (Å²) in [5, 5.41) is 1.08. The van der Waals surface area contributed by atoms with Crippen LogP contribution in [-0.2, 0) is 11.3 Å². The summed E-state index contributed by atoms with van der Waals surface area (Å²) in [5.74, 6) is -0.298. The van der Waals surface area contributed by atoms with Crippen molar-refractivity contribution in [1.29, 1.82) is 0 Å². The van der Waals surface area contributed by atoms with Crippen LogP contribution in [0.1, 0.15) is 16.1 Å². The molecule has 0 radical (unpaired) electrons. The summed E-state index contributed by atoms with van der Waals surface area (Å²) in [4.78, 5) is 12.2. The third-order valence-electron chi connectivity index (χ3n) is 3.53. The minimum absolute atomic E-state index is 0.0665. The molecule has 0 bridgehead atoms. The van der Waals surface area contributed by atoms with Gasteiger partial charge in [-0.1, -0.05) is 42.5 Å². The molecule has 22 heavy (non-hydrogen) atoms. The molecule has 4 heteroatoms. The number of thiol groups is 1. The largest absolute Gasteiger partial charge is 0.447 e. The number of esters is 1. The van der Waals surface area contributed by atoms with E-state index in [9.17, 15) is 4.79 Å². The first kappa shape index (κ1) is 14.6. The first-order valence-electron chi connectivity index (χ1n) is 7.03. The number of carbonyl (C=O) groups is 1.